The summed E-state index contributed by atoms with van der Waals surface area (Å²) in [6, 6.07) is 14.1. The number of hydrogen-bond acceptors (Lipinski definition) is 4. The van der Waals surface area contributed by atoms with E-state index in [1.54, 1.807) is 52.4 Å². The van der Waals surface area contributed by atoms with Gasteiger partial charge in [-0.2, -0.15) is 10.2 Å². The normalized spacial score (nSPS) is 10.8. The van der Waals surface area contributed by atoms with E-state index in [2.05, 4.69) is 15.2 Å². The van der Waals surface area contributed by atoms with E-state index < -0.39 is 0 Å². The van der Waals surface area contributed by atoms with Gasteiger partial charge in [0, 0.05) is 29.7 Å². The fraction of sp³-hybridized carbons (Fsp3) is 0. The predicted molar refractivity (Wildman–Crippen MR) is 95.2 cm³/mol. The first-order valence-electron chi connectivity index (χ1n) is 7.53. The van der Waals surface area contributed by atoms with Crippen molar-refractivity contribution in [3.63, 3.8) is 0 Å². The molecular weight excluding hydrogens is 338 g/mol. The number of hydrogen-bond donors (Lipinski definition) is 0. The van der Waals surface area contributed by atoms with E-state index in [0.29, 0.717) is 16.4 Å². The first-order valence-corrected chi connectivity index (χ1v) is 7.91. The van der Waals surface area contributed by atoms with E-state index in [9.17, 15) is 4.79 Å². The van der Waals surface area contributed by atoms with Gasteiger partial charge >= 0.3 is 0 Å². The molecule has 3 aromatic heterocycles. The molecule has 0 N–H and O–H groups in total. The second-order valence-corrected chi connectivity index (χ2v) is 5.72. The minimum atomic E-state index is -0.180. The minimum absolute atomic E-state index is 0.180. The molecule has 3 heterocycles. The number of aromatic nitrogens is 5. The van der Waals surface area contributed by atoms with Crippen molar-refractivity contribution in [3.05, 3.63) is 88.6 Å². The van der Waals surface area contributed by atoms with E-state index in [1.807, 2.05) is 24.3 Å². The van der Waals surface area contributed by atoms with Crippen LogP contribution in [0.15, 0.2) is 78.1 Å². The summed E-state index contributed by atoms with van der Waals surface area (Å²) in [4.78, 5) is 16.4. The predicted octanol–water partition coefficient (Wildman–Crippen LogP) is 3.13. The second kappa shape index (κ2) is 6.33. The highest BCUT2D eigenvalue weighted by atomic mass is 35.5. The first kappa shape index (κ1) is 15.3. The summed E-state index contributed by atoms with van der Waals surface area (Å²) in [5.74, 6) is 0. The SMILES string of the molecule is O=c1ccn(-c2ccncc2)nc1-c1ccnn1-c1ccc(Cl)cc1. The van der Waals surface area contributed by atoms with Crippen molar-refractivity contribution in [3.8, 4) is 22.8 Å². The van der Waals surface area contributed by atoms with Crippen molar-refractivity contribution in [1.82, 2.24) is 24.5 Å². The lowest BCUT2D eigenvalue weighted by Gasteiger charge is -2.09. The molecule has 0 saturated heterocycles. The van der Waals surface area contributed by atoms with Crippen molar-refractivity contribution < 1.29 is 0 Å². The van der Waals surface area contributed by atoms with Gasteiger partial charge in [0.2, 0.25) is 5.43 Å². The monoisotopic (exact) mass is 349 g/mol. The van der Waals surface area contributed by atoms with E-state index in [1.165, 1.54) is 6.07 Å². The molecule has 0 amide bonds. The molecule has 0 aliphatic carbocycles. The average Bonchev–Trinajstić information content (AvgIpc) is 3.13. The van der Waals surface area contributed by atoms with Crippen molar-refractivity contribution in [1.29, 1.82) is 0 Å². The van der Waals surface area contributed by atoms with E-state index in [-0.39, 0.29) is 5.43 Å². The van der Waals surface area contributed by atoms with Crippen LogP contribution in [0, 0.1) is 0 Å². The fourth-order valence-electron chi connectivity index (χ4n) is 2.50. The molecule has 0 aliphatic heterocycles. The van der Waals surface area contributed by atoms with Crippen LogP contribution in [0.1, 0.15) is 0 Å². The smallest absolute Gasteiger partial charge is 0.209 e. The minimum Gasteiger partial charge on any atom is -0.287 e. The third-order valence-corrected chi connectivity index (χ3v) is 3.94. The second-order valence-electron chi connectivity index (χ2n) is 5.28. The molecule has 0 spiro atoms. The first-order chi connectivity index (χ1) is 12.2. The van der Waals surface area contributed by atoms with Gasteiger partial charge in [0.1, 0.15) is 0 Å². The molecular formula is C18H12ClN5O. The molecule has 0 aliphatic rings. The third kappa shape index (κ3) is 2.95. The number of rotatable bonds is 3. The van der Waals surface area contributed by atoms with Gasteiger partial charge < -0.3 is 0 Å². The lowest BCUT2D eigenvalue weighted by atomic mass is 10.2. The van der Waals surface area contributed by atoms with Crippen LogP contribution in [0.2, 0.25) is 5.02 Å². The Hall–Kier alpha value is -3.25. The highest BCUT2D eigenvalue weighted by Crippen LogP contribution is 2.20. The standard InChI is InChI=1S/C18H12ClN5O/c19-13-1-3-15(4-2-13)24-16(7-11-21-24)18-17(25)8-12-23(22-18)14-5-9-20-10-6-14/h1-12H. The number of pyridine rings is 1. The molecule has 25 heavy (non-hydrogen) atoms. The van der Waals surface area contributed by atoms with Crippen LogP contribution < -0.4 is 5.43 Å². The van der Waals surface area contributed by atoms with Crippen molar-refractivity contribution in [2.24, 2.45) is 0 Å². The maximum atomic E-state index is 12.4. The Morgan fingerprint density at radius 2 is 1.60 bits per heavy atom. The van der Waals surface area contributed by atoms with Gasteiger partial charge in [-0.1, -0.05) is 11.6 Å². The van der Waals surface area contributed by atoms with E-state index in [0.717, 1.165) is 11.4 Å². The Kier molecular flexibility index (Phi) is 3.87. The molecule has 0 unspecified atom stereocenters. The maximum absolute atomic E-state index is 12.4. The Bertz CT molecular complexity index is 1070. The zero-order chi connectivity index (χ0) is 17.2. The van der Waals surface area contributed by atoms with Crippen LogP contribution in [0.4, 0.5) is 0 Å². The van der Waals surface area contributed by atoms with Crippen LogP contribution in [0.25, 0.3) is 22.8 Å². The largest absolute Gasteiger partial charge is 0.287 e. The Morgan fingerprint density at radius 1 is 0.840 bits per heavy atom. The molecule has 0 fully saturated rings. The zero-order valence-corrected chi connectivity index (χ0v) is 13.7. The summed E-state index contributed by atoms with van der Waals surface area (Å²) < 4.78 is 3.30. The zero-order valence-electron chi connectivity index (χ0n) is 13.0. The van der Waals surface area contributed by atoms with Gasteiger partial charge in [0.05, 0.1) is 23.3 Å². The van der Waals surface area contributed by atoms with Crippen molar-refractivity contribution >= 4 is 11.6 Å². The van der Waals surface area contributed by atoms with Gasteiger partial charge in [-0.05, 0) is 42.5 Å². The molecule has 0 atom stereocenters. The summed E-state index contributed by atoms with van der Waals surface area (Å²) in [5.41, 5.74) is 2.35. The molecule has 7 heteroatoms. The third-order valence-electron chi connectivity index (χ3n) is 3.69. The van der Waals surface area contributed by atoms with Gasteiger partial charge in [-0.25, -0.2) is 9.36 Å². The van der Waals surface area contributed by atoms with Crippen molar-refractivity contribution in [2.45, 2.75) is 0 Å². The lowest BCUT2D eigenvalue weighted by molar-refractivity contribution is 0.821. The average molecular weight is 350 g/mol. The van der Waals surface area contributed by atoms with Crippen molar-refractivity contribution in [2.75, 3.05) is 0 Å². The topological polar surface area (TPSA) is 65.6 Å². The highest BCUT2D eigenvalue weighted by Gasteiger charge is 2.13. The van der Waals surface area contributed by atoms with E-state index >= 15 is 0 Å². The van der Waals surface area contributed by atoms with Crippen LogP contribution >= 0.6 is 11.6 Å². The number of halogens is 1. The molecule has 122 valence electrons. The summed E-state index contributed by atoms with van der Waals surface area (Å²) in [6.07, 6.45) is 6.61. The Labute approximate surface area is 148 Å². The van der Waals surface area contributed by atoms with Gasteiger partial charge in [-0.3, -0.25) is 9.78 Å². The van der Waals surface area contributed by atoms with Crippen LogP contribution in [-0.2, 0) is 0 Å². The molecule has 6 nitrogen and oxygen atoms in total. The van der Waals surface area contributed by atoms with Crippen LogP contribution in [-0.4, -0.2) is 24.5 Å². The van der Waals surface area contributed by atoms with E-state index in [4.69, 9.17) is 11.6 Å². The van der Waals surface area contributed by atoms with Gasteiger partial charge in [0.15, 0.2) is 5.69 Å². The summed E-state index contributed by atoms with van der Waals surface area (Å²) in [5, 5.41) is 9.42. The summed E-state index contributed by atoms with van der Waals surface area (Å²) in [6.45, 7) is 0. The number of nitrogens with zero attached hydrogens (tertiary/aromatic N) is 5. The summed E-state index contributed by atoms with van der Waals surface area (Å²) in [7, 11) is 0. The molecule has 1 aromatic carbocycles. The molecule has 0 bridgehead atoms. The van der Waals surface area contributed by atoms with Gasteiger partial charge in [0.25, 0.3) is 0 Å². The molecule has 4 rings (SSSR count). The maximum Gasteiger partial charge on any atom is 0.209 e. The summed E-state index contributed by atoms with van der Waals surface area (Å²) >= 11 is 5.94. The fourth-order valence-corrected chi connectivity index (χ4v) is 2.62. The quantitative estimate of drug-likeness (QED) is 0.570. The van der Waals surface area contributed by atoms with Gasteiger partial charge in [-0.15, -0.1) is 0 Å². The van der Waals surface area contributed by atoms with Crippen LogP contribution in [0.3, 0.4) is 0 Å². The number of benzene rings is 1. The molecule has 0 saturated carbocycles. The molecule has 4 aromatic rings. The Morgan fingerprint density at radius 3 is 2.36 bits per heavy atom. The lowest BCUT2D eigenvalue weighted by Crippen LogP contribution is -2.14. The Balaban J connectivity index is 1.85. The highest BCUT2D eigenvalue weighted by molar-refractivity contribution is 6.30. The van der Waals surface area contributed by atoms with Crippen LogP contribution in [0.5, 0.6) is 0 Å². The molecule has 0 radical (unpaired) electrons.